The van der Waals surface area contributed by atoms with Gasteiger partial charge in [-0.3, -0.25) is 4.79 Å². The van der Waals surface area contributed by atoms with E-state index >= 15 is 0 Å². The second-order valence-corrected chi connectivity index (χ2v) is 2.81. The summed E-state index contributed by atoms with van der Waals surface area (Å²) in [5.74, 6) is 0. The van der Waals surface area contributed by atoms with E-state index in [2.05, 4.69) is 11.1 Å². The number of fused-ring (bicyclic) bond motifs is 1. The van der Waals surface area contributed by atoms with Crippen molar-refractivity contribution in [2.24, 2.45) is 0 Å². The van der Waals surface area contributed by atoms with E-state index in [4.69, 9.17) is 0 Å². The van der Waals surface area contributed by atoms with Gasteiger partial charge in [0, 0.05) is 11.8 Å². The minimum Gasteiger partial charge on any atom is -0.322 e. The molecule has 1 aromatic heterocycles. The van der Waals surface area contributed by atoms with Crippen molar-refractivity contribution < 1.29 is 0 Å². The van der Waals surface area contributed by atoms with Gasteiger partial charge in [0.2, 0.25) is 5.56 Å². The van der Waals surface area contributed by atoms with Crippen molar-refractivity contribution in [2.45, 2.75) is 27.2 Å². The number of hydrogen-bond donors (Lipinski definition) is 1. The molecular weight excluding hydrogens is 162 g/mol. The van der Waals surface area contributed by atoms with Crippen LogP contribution in [0.5, 0.6) is 0 Å². The number of H-pyrrole nitrogens is 1. The summed E-state index contributed by atoms with van der Waals surface area (Å²) in [4.78, 5) is 13.7. The molecule has 0 radical (unpaired) electrons. The fourth-order valence-corrected chi connectivity index (χ4v) is 1.39. The van der Waals surface area contributed by atoms with Crippen molar-refractivity contribution in [1.29, 1.82) is 0 Å². The molecule has 0 fully saturated rings. The molecule has 0 aliphatic heterocycles. The van der Waals surface area contributed by atoms with Crippen LogP contribution < -0.4 is 5.56 Å². The number of pyridine rings is 1. The Balaban J connectivity index is 0.000000396. The van der Waals surface area contributed by atoms with Crippen LogP contribution in [0.2, 0.25) is 0 Å². The Morgan fingerprint density at radius 1 is 1.31 bits per heavy atom. The Morgan fingerprint density at radius 2 is 2.00 bits per heavy atom. The fourth-order valence-electron chi connectivity index (χ4n) is 1.39. The molecule has 1 aliphatic carbocycles. The van der Waals surface area contributed by atoms with Crippen molar-refractivity contribution in [2.75, 3.05) is 0 Å². The lowest BCUT2D eigenvalue weighted by Gasteiger charge is -1.97. The van der Waals surface area contributed by atoms with E-state index in [1.807, 2.05) is 26.8 Å². The molecular formula is C11H15NO. The number of rotatable bonds is 0. The third-order valence-corrected chi connectivity index (χ3v) is 2.03. The second kappa shape index (κ2) is 4.08. The summed E-state index contributed by atoms with van der Waals surface area (Å²) >= 11 is 0. The average molecular weight is 177 g/mol. The van der Waals surface area contributed by atoms with E-state index in [1.54, 1.807) is 6.07 Å². The summed E-state index contributed by atoms with van der Waals surface area (Å²) in [7, 11) is 0. The Hall–Kier alpha value is -1.31. The third-order valence-electron chi connectivity index (χ3n) is 2.03. The first-order chi connectivity index (χ1) is 6.27. The van der Waals surface area contributed by atoms with Crippen LogP contribution in [-0.4, -0.2) is 4.98 Å². The molecule has 13 heavy (non-hydrogen) atoms. The molecule has 0 bridgehead atoms. The Kier molecular flexibility index (Phi) is 3.07. The summed E-state index contributed by atoms with van der Waals surface area (Å²) in [6, 6.07) is 3.46. The van der Waals surface area contributed by atoms with E-state index in [9.17, 15) is 4.79 Å². The summed E-state index contributed by atoms with van der Waals surface area (Å²) in [5, 5.41) is 0. The highest BCUT2D eigenvalue weighted by atomic mass is 16.1. The molecule has 0 atom stereocenters. The van der Waals surface area contributed by atoms with Gasteiger partial charge in [-0.25, -0.2) is 0 Å². The van der Waals surface area contributed by atoms with Crippen LogP contribution in [0.15, 0.2) is 23.0 Å². The maximum absolute atomic E-state index is 10.9. The van der Waals surface area contributed by atoms with Gasteiger partial charge in [-0.05, 0) is 24.5 Å². The number of aromatic nitrogens is 1. The summed E-state index contributed by atoms with van der Waals surface area (Å²) in [5.41, 5.74) is 3.40. The Bertz CT molecular complexity index is 374. The molecule has 70 valence electrons. The van der Waals surface area contributed by atoms with Gasteiger partial charge in [-0.1, -0.05) is 26.0 Å². The van der Waals surface area contributed by atoms with Crippen LogP contribution in [0.1, 0.15) is 32.0 Å². The van der Waals surface area contributed by atoms with Gasteiger partial charge < -0.3 is 4.98 Å². The molecule has 2 nitrogen and oxygen atoms in total. The average Bonchev–Trinajstić information content (AvgIpc) is 2.52. The van der Waals surface area contributed by atoms with Crippen molar-refractivity contribution in [3.8, 4) is 0 Å². The van der Waals surface area contributed by atoms with Crippen LogP contribution in [0.4, 0.5) is 0 Å². The number of allylic oxidation sites excluding steroid dienone is 2. The molecule has 2 heteroatoms. The molecule has 0 saturated carbocycles. The first-order valence-electron chi connectivity index (χ1n) is 4.67. The normalized spacial score (nSPS) is 12.7. The van der Waals surface area contributed by atoms with Gasteiger partial charge in [0.15, 0.2) is 0 Å². The van der Waals surface area contributed by atoms with Crippen LogP contribution in [0.25, 0.3) is 5.57 Å². The smallest absolute Gasteiger partial charge is 0.248 e. The second-order valence-electron chi connectivity index (χ2n) is 2.81. The van der Waals surface area contributed by atoms with E-state index in [-0.39, 0.29) is 5.56 Å². The lowest BCUT2D eigenvalue weighted by Crippen LogP contribution is -2.06. The van der Waals surface area contributed by atoms with Crippen molar-refractivity contribution in [3.05, 3.63) is 39.8 Å². The van der Waals surface area contributed by atoms with Crippen molar-refractivity contribution in [3.63, 3.8) is 0 Å². The third kappa shape index (κ3) is 1.89. The summed E-state index contributed by atoms with van der Waals surface area (Å²) < 4.78 is 0. The van der Waals surface area contributed by atoms with E-state index in [0.29, 0.717) is 0 Å². The minimum absolute atomic E-state index is 0.0154. The quantitative estimate of drug-likeness (QED) is 0.648. The van der Waals surface area contributed by atoms with Crippen molar-refractivity contribution >= 4 is 5.57 Å². The van der Waals surface area contributed by atoms with Crippen LogP contribution >= 0.6 is 0 Å². The number of hydrogen-bond acceptors (Lipinski definition) is 1. The summed E-state index contributed by atoms with van der Waals surface area (Å²) in [6.07, 6.45) is 3.08. The molecule has 1 aromatic rings. The molecule has 1 N–H and O–H groups in total. The first-order valence-corrected chi connectivity index (χ1v) is 4.67. The van der Waals surface area contributed by atoms with Crippen LogP contribution in [-0.2, 0) is 6.42 Å². The predicted molar refractivity (Wildman–Crippen MR) is 55.8 cm³/mol. The monoisotopic (exact) mass is 177 g/mol. The molecule has 0 spiro atoms. The topological polar surface area (TPSA) is 32.9 Å². The van der Waals surface area contributed by atoms with E-state index in [0.717, 1.165) is 12.1 Å². The van der Waals surface area contributed by atoms with Gasteiger partial charge in [0.05, 0.1) is 0 Å². The highest BCUT2D eigenvalue weighted by Gasteiger charge is 2.09. The van der Waals surface area contributed by atoms with E-state index < -0.39 is 0 Å². The highest BCUT2D eigenvalue weighted by molar-refractivity contribution is 5.68. The van der Waals surface area contributed by atoms with Crippen molar-refractivity contribution in [1.82, 2.24) is 4.98 Å². The zero-order valence-corrected chi connectivity index (χ0v) is 8.35. The first kappa shape index (κ1) is 9.78. The van der Waals surface area contributed by atoms with E-state index in [1.165, 1.54) is 11.1 Å². The molecule has 1 heterocycles. The maximum atomic E-state index is 10.9. The standard InChI is InChI=1S/C9H9NO.C2H6/c1-6-2-3-7-4-5-8(11)10-9(6)7;1-2/h2,4-5H,3H2,1H3,(H,10,11);1-2H3. The zero-order chi connectivity index (χ0) is 9.84. The molecule has 0 amide bonds. The van der Waals surface area contributed by atoms with Crippen LogP contribution in [0.3, 0.4) is 0 Å². The summed E-state index contributed by atoms with van der Waals surface area (Å²) in [6.45, 7) is 6.02. The van der Waals surface area contributed by atoms with Gasteiger partial charge in [-0.2, -0.15) is 0 Å². The molecule has 0 unspecified atom stereocenters. The minimum atomic E-state index is -0.0154. The Morgan fingerprint density at radius 3 is 2.69 bits per heavy atom. The Labute approximate surface area is 78.3 Å². The van der Waals surface area contributed by atoms with Gasteiger partial charge >= 0.3 is 0 Å². The lowest BCUT2D eigenvalue weighted by molar-refractivity contribution is 1.15. The van der Waals surface area contributed by atoms with Gasteiger partial charge in [0.25, 0.3) is 0 Å². The SMILES string of the molecule is CC.CC1=CCc2ccc(=O)[nH]c21. The highest BCUT2D eigenvalue weighted by Crippen LogP contribution is 2.22. The molecule has 0 saturated heterocycles. The molecule has 1 aliphatic rings. The fraction of sp³-hybridized carbons (Fsp3) is 0.364. The number of aromatic amines is 1. The maximum Gasteiger partial charge on any atom is 0.248 e. The lowest BCUT2D eigenvalue weighted by atomic mass is 10.2. The number of nitrogens with one attached hydrogen (secondary N) is 1. The van der Waals surface area contributed by atoms with Crippen LogP contribution in [0, 0.1) is 0 Å². The molecule has 0 aromatic carbocycles. The largest absolute Gasteiger partial charge is 0.322 e. The molecule has 2 rings (SSSR count). The van der Waals surface area contributed by atoms with Gasteiger partial charge in [-0.15, -0.1) is 0 Å². The zero-order valence-electron chi connectivity index (χ0n) is 8.35. The predicted octanol–water partition coefficient (Wildman–Crippen LogP) is 2.36. The van der Waals surface area contributed by atoms with Gasteiger partial charge in [0.1, 0.15) is 0 Å².